The van der Waals surface area contributed by atoms with Gasteiger partial charge in [-0.25, -0.2) is 9.37 Å². The number of methoxy groups -OCH3 is 1. The van der Waals surface area contributed by atoms with Crippen LogP contribution in [-0.4, -0.2) is 47.7 Å². The van der Waals surface area contributed by atoms with Crippen LogP contribution in [0.2, 0.25) is 5.15 Å². The smallest absolute Gasteiger partial charge is 0.270 e. The van der Waals surface area contributed by atoms with Crippen LogP contribution in [-0.2, 0) is 13.6 Å². The Balaban J connectivity index is 1.60. The molecule has 7 nitrogen and oxygen atoms in total. The maximum atomic E-state index is 14.0. The second-order valence-corrected chi connectivity index (χ2v) is 7.82. The summed E-state index contributed by atoms with van der Waals surface area (Å²) in [5.74, 6) is -0.159. The van der Waals surface area contributed by atoms with Crippen molar-refractivity contribution >= 4 is 28.3 Å². The first-order valence-corrected chi connectivity index (χ1v) is 10.2. The predicted octanol–water partition coefficient (Wildman–Crippen LogP) is 2.93. The van der Waals surface area contributed by atoms with E-state index in [0.29, 0.717) is 54.6 Å². The van der Waals surface area contributed by atoms with E-state index in [1.807, 2.05) is 11.0 Å². The van der Waals surface area contributed by atoms with Crippen molar-refractivity contribution in [1.82, 2.24) is 14.5 Å². The van der Waals surface area contributed by atoms with Crippen molar-refractivity contribution in [3.8, 4) is 11.8 Å². The molecule has 3 aromatic rings. The molecule has 2 aromatic heterocycles. The number of halogens is 2. The normalized spacial score (nSPS) is 14.6. The van der Waals surface area contributed by atoms with Crippen LogP contribution in [0.4, 0.5) is 10.1 Å². The third-order valence-electron chi connectivity index (χ3n) is 5.60. The Kier molecular flexibility index (Phi) is 5.81. The molecule has 0 amide bonds. The number of anilines is 1. The summed E-state index contributed by atoms with van der Waals surface area (Å²) in [6.45, 7) is 3.18. The van der Waals surface area contributed by atoms with Crippen molar-refractivity contribution in [1.29, 1.82) is 5.26 Å². The van der Waals surface area contributed by atoms with E-state index >= 15 is 0 Å². The molecule has 1 aliphatic rings. The quantitative estimate of drug-likeness (QED) is 0.579. The Morgan fingerprint density at radius 2 is 1.97 bits per heavy atom. The van der Waals surface area contributed by atoms with E-state index in [-0.39, 0.29) is 22.7 Å². The van der Waals surface area contributed by atoms with Gasteiger partial charge >= 0.3 is 0 Å². The molecule has 160 valence electrons. The first kappa shape index (κ1) is 21.1. The molecule has 0 aliphatic carbocycles. The van der Waals surface area contributed by atoms with Gasteiger partial charge in [-0.05, 0) is 29.8 Å². The summed E-state index contributed by atoms with van der Waals surface area (Å²) in [5.41, 5.74) is 2.26. The lowest BCUT2D eigenvalue weighted by molar-refractivity contribution is 0.249. The summed E-state index contributed by atoms with van der Waals surface area (Å²) in [6.07, 6.45) is 0. The lowest BCUT2D eigenvalue weighted by atomic mass is 10.1. The maximum Gasteiger partial charge on any atom is 0.270 e. The van der Waals surface area contributed by atoms with Crippen molar-refractivity contribution in [2.75, 3.05) is 38.2 Å². The minimum absolute atomic E-state index is 0.0652. The molecule has 4 rings (SSSR count). The van der Waals surface area contributed by atoms with E-state index in [1.165, 1.54) is 17.7 Å². The number of hydrogen-bond acceptors (Lipinski definition) is 6. The number of aryl methyl sites for hydroxylation is 1. The number of hydrogen-bond donors (Lipinski definition) is 0. The van der Waals surface area contributed by atoms with E-state index in [9.17, 15) is 14.4 Å². The number of aromatic nitrogens is 2. The van der Waals surface area contributed by atoms with Gasteiger partial charge in [0.2, 0.25) is 0 Å². The lowest BCUT2D eigenvalue weighted by Gasteiger charge is -2.36. The summed E-state index contributed by atoms with van der Waals surface area (Å²) in [4.78, 5) is 21.4. The largest absolute Gasteiger partial charge is 0.494 e. The zero-order valence-electron chi connectivity index (χ0n) is 17.2. The highest BCUT2D eigenvalue weighted by atomic mass is 35.5. The number of pyridine rings is 2. The van der Waals surface area contributed by atoms with E-state index < -0.39 is 0 Å². The van der Waals surface area contributed by atoms with Gasteiger partial charge in [-0.15, -0.1) is 0 Å². The maximum absolute atomic E-state index is 14.0. The van der Waals surface area contributed by atoms with Crippen LogP contribution in [0.1, 0.15) is 11.1 Å². The van der Waals surface area contributed by atoms with Crippen LogP contribution in [0.25, 0.3) is 11.0 Å². The second-order valence-electron chi connectivity index (χ2n) is 7.43. The number of ether oxygens (including phenoxy) is 1. The Bertz CT molecular complexity index is 1250. The Hall–Kier alpha value is -3.15. The Labute approximate surface area is 183 Å². The van der Waals surface area contributed by atoms with E-state index in [2.05, 4.69) is 16.0 Å². The SMILES string of the molecule is COc1ccc(CN2CCN(c3c(C#N)c(=O)n(C)c4ccc(Cl)nc34)CC2)cc1F. The molecule has 9 heteroatoms. The Morgan fingerprint density at radius 1 is 1.23 bits per heavy atom. The molecule has 0 atom stereocenters. The van der Waals surface area contributed by atoms with Crippen LogP contribution in [0, 0.1) is 17.1 Å². The fraction of sp³-hybridized carbons (Fsp3) is 0.318. The molecule has 1 saturated heterocycles. The van der Waals surface area contributed by atoms with Gasteiger partial charge in [0.15, 0.2) is 11.6 Å². The van der Waals surface area contributed by atoms with Gasteiger partial charge in [0.05, 0.1) is 18.3 Å². The summed E-state index contributed by atoms with van der Waals surface area (Å²) in [7, 11) is 3.06. The zero-order chi connectivity index (χ0) is 22.1. The summed E-state index contributed by atoms with van der Waals surface area (Å²) >= 11 is 6.12. The van der Waals surface area contributed by atoms with Gasteiger partial charge in [0.1, 0.15) is 22.3 Å². The molecule has 31 heavy (non-hydrogen) atoms. The van der Waals surface area contributed by atoms with Crippen LogP contribution >= 0.6 is 11.6 Å². The topological polar surface area (TPSA) is 74.4 Å². The van der Waals surface area contributed by atoms with Gasteiger partial charge in [-0.1, -0.05) is 17.7 Å². The highest BCUT2D eigenvalue weighted by Crippen LogP contribution is 2.29. The summed E-state index contributed by atoms with van der Waals surface area (Å²) < 4.78 is 20.4. The molecule has 3 heterocycles. The van der Waals surface area contributed by atoms with Gasteiger partial charge < -0.3 is 14.2 Å². The zero-order valence-corrected chi connectivity index (χ0v) is 18.0. The number of benzene rings is 1. The minimum atomic E-state index is -0.383. The number of fused-ring (bicyclic) bond motifs is 1. The molecule has 1 aliphatic heterocycles. The third kappa shape index (κ3) is 3.94. The standard InChI is InChI=1S/C22H21ClFN5O2/c1-27-17-4-6-19(23)26-20(17)21(15(12-25)22(27)30)29-9-7-28(8-10-29)13-14-3-5-18(31-2)16(24)11-14/h3-6,11H,7-10,13H2,1-2H3. The van der Waals surface area contributed by atoms with Gasteiger partial charge in [0, 0.05) is 39.8 Å². The number of piperazine rings is 1. The molecular weight excluding hydrogens is 421 g/mol. The number of nitriles is 1. The first-order chi connectivity index (χ1) is 14.9. The van der Waals surface area contributed by atoms with E-state index in [0.717, 1.165) is 5.56 Å². The number of rotatable bonds is 4. The van der Waals surface area contributed by atoms with E-state index in [4.69, 9.17) is 16.3 Å². The van der Waals surface area contributed by atoms with Crippen LogP contribution in [0.5, 0.6) is 5.75 Å². The van der Waals surface area contributed by atoms with Crippen LogP contribution < -0.4 is 15.2 Å². The molecule has 0 radical (unpaired) electrons. The average molecular weight is 442 g/mol. The molecule has 0 unspecified atom stereocenters. The fourth-order valence-electron chi connectivity index (χ4n) is 3.97. The van der Waals surface area contributed by atoms with Gasteiger partial charge in [-0.2, -0.15) is 5.26 Å². The monoisotopic (exact) mass is 441 g/mol. The van der Waals surface area contributed by atoms with Crippen molar-refractivity contribution in [2.24, 2.45) is 7.05 Å². The highest BCUT2D eigenvalue weighted by molar-refractivity contribution is 6.29. The molecular formula is C22H21ClFN5O2. The van der Waals surface area contributed by atoms with Crippen LogP contribution in [0.3, 0.4) is 0 Å². The van der Waals surface area contributed by atoms with Crippen LogP contribution in [0.15, 0.2) is 35.1 Å². The summed E-state index contributed by atoms with van der Waals surface area (Å²) in [5, 5.41) is 9.99. The van der Waals surface area contributed by atoms with E-state index in [1.54, 1.807) is 25.2 Å². The summed E-state index contributed by atoms with van der Waals surface area (Å²) in [6, 6.07) is 10.4. The lowest BCUT2D eigenvalue weighted by Crippen LogP contribution is -2.47. The molecule has 1 aromatic carbocycles. The fourth-order valence-corrected chi connectivity index (χ4v) is 4.12. The molecule has 0 saturated carbocycles. The third-order valence-corrected chi connectivity index (χ3v) is 5.81. The number of nitrogens with zero attached hydrogens (tertiary/aromatic N) is 5. The van der Waals surface area contributed by atoms with Crippen molar-refractivity contribution in [2.45, 2.75) is 6.54 Å². The van der Waals surface area contributed by atoms with Crippen molar-refractivity contribution in [3.05, 3.63) is 62.8 Å². The molecule has 0 spiro atoms. The molecule has 1 fully saturated rings. The average Bonchev–Trinajstić information content (AvgIpc) is 2.77. The van der Waals surface area contributed by atoms with Crippen molar-refractivity contribution < 1.29 is 9.13 Å². The van der Waals surface area contributed by atoms with Gasteiger partial charge in [0.25, 0.3) is 5.56 Å². The Morgan fingerprint density at radius 3 is 2.61 bits per heavy atom. The first-order valence-electron chi connectivity index (χ1n) is 9.82. The van der Waals surface area contributed by atoms with Crippen molar-refractivity contribution in [3.63, 3.8) is 0 Å². The van der Waals surface area contributed by atoms with Gasteiger partial charge in [-0.3, -0.25) is 9.69 Å². The molecule has 0 N–H and O–H groups in total. The second kappa shape index (κ2) is 8.53. The minimum Gasteiger partial charge on any atom is -0.494 e. The predicted molar refractivity (Wildman–Crippen MR) is 117 cm³/mol. The highest BCUT2D eigenvalue weighted by Gasteiger charge is 2.25. The molecule has 0 bridgehead atoms.